The number of thiophene rings is 1. The number of methoxy groups -OCH3 is 1. The molecule has 0 bridgehead atoms. The van der Waals surface area contributed by atoms with Crippen LogP contribution in [0.3, 0.4) is 0 Å². The summed E-state index contributed by atoms with van der Waals surface area (Å²) in [5, 5.41) is 0. The summed E-state index contributed by atoms with van der Waals surface area (Å²) < 4.78 is 5.39. The predicted octanol–water partition coefficient (Wildman–Crippen LogP) is 5.17. The highest BCUT2D eigenvalue weighted by atomic mass is 79.9. The van der Waals surface area contributed by atoms with E-state index in [0.717, 1.165) is 5.75 Å². The van der Waals surface area contributed by atoms with Crippen LogP contribution < -0.4 is 4.74 Å². The van der Waals surface area contributed by atoms with Crippen molar-refractivity contribution >= 4 is 27.3 Å². The molecule has 0 fully saturated rings. The van der Waals surface area contributed by atoms with Crippen molar-refractivity contribution in [2.45, 2.75) is 25.6 Å². The zero-order valence-corrected chi connectivity index (χ0v) is 13.5. The molecule has 1 aromatic carbocycles. The fourth-order valence-corrected chi connectivity index (χ4v) is 4.02. The first-order valence-electron chi connectivity index (χ1n) is 5.88. The van der Waals surface area contributed by atoms with Crippen molar-refractivity contribution in [1.82, 2.24) is 0 Å². The molecule has 1 atom stereocenters. The van der Waals surface area contributed by atoms with E-state index in [0.29, 0.717) is 0 Å². The summed E-state index contributed by atoms with van der Waals surface area (Å²) in [6, 6.07) is 8.62. The molecule has 0 amide bonds. The topological polar surface area (TPSA) is 9.23 Å². The standard InChI is InChI=1S/C15H17BrOS/c1-9-5-6-12(8-13(9)17-4)14(16)15-10(2)7-11(3)18-15/h5-8,14H,1-4H3. The minimum Gasteiger partial charge on any atom is -0.496 e. The van der Waals surface area contributed by atoms with Gasteiger partial charge >= 0.3 is 0 Å². The normalized spacial score (nSPS) is 12.5. The summed E-state index contributed by atoms with van der Waals surface area (Å²) >= 11 is 5.65. The average Bonchev–Trinajstić information content (AvgIpc) is 2.68. The lowest BCUT2D eigenvalue weighted by Gasteiger charge is -2.12. The minimum absolute atomic E-state index is 0.241. The van der Waals surface area contributed by atoms with Crippen LogP contribution in [0.15, 0.2) is 24.3 Å². The molecule has 0 saturated carbocycles. The molecule has 96 valence electrons. The fourth-order valence-electron chi connectivity index (χ4n) is 2.06. The lowest BCUT2D eigenvalue weighted by Crippen LogP contribution is -1.94. The van der Waals surface area contributed by atoms with Gasteiger partial charge in [0.25, 0.3) is 0 Å². The van der Waals surface area contributed by atoms with Crippen LogP contribution in [0.5, 0.6) is 5.75 Å². The third kappa shape index (κ3) is 2.62. The second-order valence-corrected chi connectivity index (χ2v) is 6.70. The zero-order chi connectivity index (χ0) is 13.3. The summed E-state index contributed by atoms with van der Waals surface area (Å²) in [6.07, 6.45) is 0. The third-order valence-corrected chi connectivity index (χ3v) is 5.54. The lowest BCUT2D eigenvalue weighted by atomic mass is 10.1. The Morgan fingerprint density at radius 3 is 2.39 bits per heavy atom. The van der Waals surface area contributed by atoms with Crippen LogP contribution in [0, 0.1) is 20.8 Å². The maximum Gasteiger partial charge on any atom is 0.122 e. The van der Waals surface area contributed by atoms with Gasteiger partial charge in [0, 0.05) is 9.75 Å². The SMILES string of the molecule is COc1cc(C(Br)c2sc(C)cc2C)ccc1C. The number of halogens is 1. The van der Waals surface area contributed by atoms with Crippen LogP contribution in [-0.4, -0.2) is 7.11 Å². The number of hydrogen-bond donors (Lipinski definition) is 0. The Morgan fingerprint density at radius 2 is 1.83 bits per heavy atom. The van der Waals surface area contributed by atoms with Crippen molar-refractivity contribution in [3.05, 3.63) is 50.7 Å². The Balaban J connectivity index is 2.39. The average molecular weight is 325 g/mol. The molecule has 0 N–H and O–H groups in total. The van der Waals surface area contributed by atoms with Gasteiger partial charge in [-0.1, -0.05) is 28.1 Å². The van der Waals surface area contributed by atoms with E-state index in [4.69, 9.17) is 4.74 Å². The second kappa shape index (κ2) is 5.45. The van der Waals surface area contributed by atoms with Gasteiger partial charge in [0.1, 0.15) is 5.75 Å². The number of aryl methyl sites for hydroxylation is 3. The highest BCUT2D eigenvalue weighted by Gasteiger charge is 2.16. The van der Waals surface area contributed by atoms with Gasteiger partial charge in [-0.25, -0.2) is 0 Å². The molecular weight excluding hydrogens is 308 g/mol. The van der Waals surface area contributed by atoms with Crippen molar-refractivity contribution in [2.75, 3.05) is 7.11 Å². The largest absolute Gasteiger partial charge is 0.496 e. The molecule has 0 aliphatic rings. The molecule has 0 aliphatic carbocycles. The van der Waals surface area contributed by atoms with Crippen molar-refractivity contribution in [3.8, 4) is 5.75 Å². The van der Waals surface area contributed by atoms with Gasteiger partial charge in [0.2, 0.25) is 0 Å². The first kappa shape index (κ1) is 13.6. The molecule has 0 spiro atoms. The number of rotatable bonds is 3. The number of hydrogen-bond acceptors (Lipinski definition) is 2. The molecule has 1 unspecified atom stereocenters. The van der Waals surface area contributed by atoms with Crippen LogP contribution >= 0.6 is 27.3 Å². The Bertz CT molecular complexity index is 560. The third-order valence-electron chi connectivity index (χ3n) is 3.03. The lowest BCUT2D eigenvalue weighted by molar-refractivity contribution is 0.411. The molecule has 0 radical (unpaired) electrons. The van der Waals surface area contributed by atoms with E-state index in [1.54, 1.807) is 7.11 Å². The van der Waals surface area contributed by atoms with Crippen molar-refractivity contribution in [1.29, 1.82) is 0 Å². The monoisotopic (exact) mass is 324 g/mol. The Morgan fingerprint density at radius 1 is 1.11 bits per heavy atom. The molecule has 1 heterocycles. The number of ether oxygens (including phenoxy) is 1. The van der Waals surface area contributed by atoms with E-state index in [9.17, 15) is 0 Å². The highest BCUT2D eigenvalue weighted by Crippen LogP contribution is 2.39. The van der Waals surface area contributed by atoms with E-state index in [-0.39, 0.29) is 4.83 Å². The van der Waals surface area contributed by atoms with Crippen molar-refractivity contribution < 1.29 is 4.74 Å². The summed E-state index contributed by atoms with van der Waals surface area (Å²) in [4.78, 5) is 2.97. The Labute approximate surface area is 121 Å². The van der Waals surface area contributed by atoms with E-state index in [1.807, 2.05) is 11.3 Å². The van der Waals surface area contributed by atoms with Gasteiger partial charge in [0.15, 0.2) is 0 Å². The molecular formula is C15H17BrOS. The molecule has 2 aromatic rings. The number of benzene rings is 1. The second-order valence-electron chi connectivity index (χ2n) is 4.50. The van der Waals surface area contributed by atoms with Gasteiger partial charge in [-0.05, 0) is 49.6 Å². The van der Waals surface area contributed by atoms with E-state index >= 15 is 0 Å². The van der Waals surface area contributed by atoms with Crippen LogP contribution in [0.25, 0.3) is 0 Å². The van der Waals surface area contributed by atoms with Crippen LogP contribution in [-0.2, 0) is 0 Å². The molecule has 18 heavy (non-hydrogen) atoms. The van der Waals surface area contributed by atoms with E-state index in [2.05, 4.69) is 61.0 Å². The van der Waals surface area contributed by atoms with Gasteiger partial charge in [0.05, 0.1) is 11.9 Å². The Hall–Kier alpha value is -0.800. The number of alkyl halides is 1. The van der Waals surface area contributed by atoms with Gasteiger partial charge in [-0.3, -0.25) is 0 Å². The molecule has 1 nitrogen and oxygen atoms in total. The van der Waals surface area contributed by atoms with Crippen LogP contribution in [0.4, 0.5) is 0 Å². The minimum atomic E-state index is 0.241. The van der Waals surface area contributed by atoms with Gasteiger partial charge in [-0.15, -0.1) is 11.3 Å². The maximum atomic E-state index is 5.39. The van der Waals surface area contributed by atoms with Gasteiger partial charge < -0.3 is 4.74 Å². The van der Waals surface area contributed by atoms with Gasteiger partial charge in [-0.2, -0.15) is 0 Å². The summed E-state index contributed by atoms with van der Waals surface area (Å²) in [6.45, 7) is 6.38. The van der Waals surface area contributed by atoms with Crippen molar-refractivity contribution in [3.63, 3.8) is 0 Å². The van der Waals surface area contributed by atoms with E-state index < -0.39 is 0 Å². The highest BCUT2D eigenvalue weighted by molar-refractivity contribution is 9.09. The van der Waals surface area contributed by atoms with Crippen LogP contribution in [0.2, 0.25) is 0 Å². The quantitative estimate of drug-likeness (QED) is 0.708. The first-order valence-corrected chi connectivity index (χ1v) is 7.61. The summed E-state index contributed by atoms with van der Waals surface area (Å²) in [5.74, 6) is 0.947. The molecule has 1 aromatic heterocycles. The molecule has 0 aliphatic heterocycles. The molecule has 0 saturated heterocycles. The Kier molecular flexibility index (Phi) is 4.13. The maximum absolute atomic E-state index is 5.39. The molecule has 3 heteroatoms. The first-order chi connectivity index (χ1) is 8.52. The zero-order valence-electron chi connectivity index (χ0n) is 11.1. The van der Waals surface area contributed by atoms with Crippen LogP contribution in [0.1, 0.15) is 31.3 Å². The fraction of sp³-hybridized carbons (Fsp3) is 0.333. The van der Waals surface area contributed by atoms with Crippen molar-refractivity contribution in [2.24, 2.45) is 0 Å². The molecule has 2 rings (SSSR count). The smallest absolute Gasteiger partial charge is 0.122 e. The predicted molar refractivity (Wildman–Crippen MR) is 82.3 cm³/mol. The summed E-state index contributed by atoms with van der Waals surface area (Å²) in [7, 11) is 1.72. The van der Waals surface area contributed by atoms with E-state index in [1.165, 1.54) is 26.4 Å². The summed E-state index contributed by atoms with van der Waals surface area (Å²) in [5.41, 5.74) is 3.75.